The number of carboxylic acid groups (broad SMARTS) is 1. The topological polar surface area (TPSA) is 60.9 Å². The molecule has 0 aromatic carbocycles. The van der Waals surface area contributed by atoms with Crippen molar-refractivity contribution in [2.75, 3.05) is 13.1 Å². The Morgan fingerprint density at radius 3 is 2.47 bits per heavy atom. The molecule has 1 saturated heterocycles. The molecule has 1 aliphatic carbocycles. The van der Waals surface area contributed by atoms with Gasteiger partial charge in [-0.15, -0.1) is 0 Å². The van der Waals surface area contributed by atoms with Crippen LogP contribution in [-0.2, 0) is 4.79 Å². The van der Waals surface area contributed by atoms with E-state index < -0.39 is 5.97 Å². The first-order valence-corrected chi connectivity index (χ1v) is 6.22. The molecule has 2 rings (SSSR count). The zero-order valence-electron chi connectivity index (χ0n) is 10.5. The fraction of sp³-hybridized carbons (Fsp3) is 0.833. The molecule has 0 unspecified atom stereocenters. The van der Waals surface area contributed by atoms with Crippen LogP contribution in [0.5, 0.6) is 0 Å². The number of hydrogen-bond acceptors (Lipinski definition) is 2. The molecule has 96 valence electrons. The number of carbonyl (C=O) groups excluding carboxylic acids is 1. The van der Waals surface area contributed by atoms with Gasteiger partial charge in [0.05, 0.1) is 0 Å². The largest absolute Gasteiger partial charge is 0.480 e. The maximum atomic E-state index is 12.4. The monoisotopic (exact) mass is 240 g/mol. The van der Waals surface area contributed by atoms with Crippen molar-refractivity contribution in [3.05, 3.63) is 0 Å². The Labute approximate surface area is 101 Å². The summed E-state index contributed by atoms with van der Waals surface area (Å²) in [6, 6.07) is 0.0485. The third-order valence-electron chi connectivity index (χ3n) is 3.67. The van der Waals surface area contributed by atoms with E-state index in [2.05, 4.69) is 0 Å². The van der Waals surface area contributed by atoms with Gasteiger partial charge in [-0.3, -0.25) is 4.79 Å². The lowest BCUT2D eigenvalue weighted by Gasteiger charge is -2.35. The molecule has 1 heterocycles. The van der Waals surface area contributed by atoms with Gasteiger partial charge in [0.2, 0.25) is 0 Å². The summed E-state index contributed by atoms with van der Waals surface area (Å²) in [6.07, 6.45) is 3.87. The van der Waals surface area contributed by atoms with Crippen LogP contribution in [0.25, 0.3) is 0 Å². The molecule has 0 spiro atoms. The number of carboxylic acids is 1. The second kappa shape index (κ2) is 4.20. The molecule has 1 saturated carbocycles. The van der Waals surface area contributed by atoms with E-state index in [0.29, 0.717) is 0 Å². The van der Waals surface area contributed by atoms with Gasteiger partial charge in [-0.1, -0.05) is 0 Å². The van der Waals surface area contributed by atoms with E-state index in [1.807, 2.05) is 18.7 Å². The minimum Gasteiger partial charge on any atom is -0.480 e. The van der Waals surface area contributed by atoms with Crippen LogP contribution in [0.1, 0.15) is 39.5 Å². The van der Waals surface area contributed by atoms with E-state index in [4.69, 9.17) is 5.11 Å². The van der Waals surface area contributed by atoms with Crippen molar-refractivity contribution >= 4 is 12.0 Å². The summed E-state index contributed by atoms with van der Waals surface area (Å²) >= 11 is 0. The fourth-order valence-electron chi connectivity index (χ4n) is 2.50. The highest BCUT2D eigenvalue weighted by molar-refractivity contribution is 5.81. The Bertz CT molecular complexity index is 337. The SMILES string of the molecule is CC1(C)CCCN1C(=O)N(CC(=O)O)C1CC1. The quantitative estimate of drug-likeness (QED) is 0.813. The van der Waals surface area contributed by atoms with Crippen LogP contribution in [0, 0.1) is 0 Å². The van der Waals surface area contributed by atoms with Crippen LogP contribution in [-0.4, -0.2) is 51.6 Å². The third kappa shape index (κ3) is 2.53. The van der Waals surface area contributed by atoms with Gasteiger partial charge in [0.15, 0.2) is 0 Å². The summed E-state index contributed by atoms with van der Waals surface area (Å²) in [6.45, 7) is 4.66. The molecule has 2 fully saturated rings. The first-order valence-electron chi connectivity index (χ1n) is 6.22. The summed E-state index contributed by atoms with van der Waals surface area (Å²) in [5, 5.41) is 8.87. The number of carbonyl (C=O) groups is 2. The Hall–Kier alpha value is -1.26. The molecule has 5 heteroatoms. The van der Waals surface area contributed by atoms with Crippen molar-refractivity contribution in [3.8, 4) is 0 Å². The molecule has 2 amide bonds. The van der Waals surface area contributed by atoms with Crippen LogP contribution < -0.4 is 0 Å². The van der Waals surface area contributed by atoms with Crippen LogP contribution in [0.15, 0.2) is 0 Å². The smallest absolute Gasteiger partial charge is 0.323 e. The molecule has 17 heavy (non-hydrogen) atoms. The fourth-order valence-corrected chi connectivity index (χ4v) is 2.50. The van der Waals surface area contributed by atoms with Gasteiger partial charge in [-0.25, -0.2) is 4.79 Å². The lowest BCUT2D eigenvalue weighted by Crippen LogP contribution is -2.51. The van der Waals surface area contributed by atoms with Crippen molar-refractivity contribution in [1.82, 2.24) is 9.80 Å². The summed E-state index contributed by atoms with van der Waals surface area (Å²) < 4.78 is 0. The van der Waals surface area contributed by atoms with Crippen LogP contribution in [0.4, 0.5) is 4.79 Å². The first-order chi connectivity index (χ1) is 7.92. The number of amides is 2. The summed E-state index contributed by atoms with van der Waals surface area (Å²) in [5.74, 6) is -0.928. The van der Waals surface area contributed by atoms with Crippen molar-refractivity contribution in [2.24, 2.45) is 0 Å². The van der Waals surface area contributed by atoms with Gasteiger partial charge in [-0.05, 0) is 39.5 Å². The summed E-state index contributed by atoms with van der Waals surface area (Å²) in [4.78, 5) is 26.5. The molecule has 1 aliphatic heterocycles. The number of rotatable bonds is 3. The molecule has 0 radical (unpaired) electrons. The maximum Gasteiger partial charge on any atom is 0.323 e. The normalized spacial score (nSPS) is 22.6. The predicted molar refractivity (Wildman–Crippen MR) is 62.8 cm³/mol. The van der Waals surface area contributed by atoms with Crippen molar-refractivity contribution in [2.45, 2.75) is 51.1 Å². The van der Waals surface area contributed by atoms with Crippen LogP contribution in [0.3, 0.4) is 0 Å². The molecular formula is C12H20N2O3. The molecule has 0 bridgehead atoms. The number of aliphatic carboxylic acids is 1. The van der Waals surface area contributed by atoms with Gasteiger partial charge in [-0.2, -0.15) is 0 Å². The molecule has 0 atom stereocenters. The van der Waals surface area contributed by atoms with E-state index in [1.165, 1.54) is 4.90 Å². The van der Waals surface area contributed by atoms with E-state index in [-0.39, 0.29) is 24.2 Å². The lowest BCUT2D eigenvalue weighted by atomic mass is 10.0. The average Bonchev–Trinajstić information content (AvgIpc) is 2.98. The highest BCUT2D eigenvalue weighted by Gasteiger charge is 2.42. The number of nitrogens with zero attached hydrogens (tertiary/aromatic N) is 2. The number of urea groups is 1. The predicted octanol–water partition coefficient (Wildman–Crippen LogP) is 1.53. The Balaban J connectivity index is 2.08. The second-order valence-electron chi connectivity index (χ2n) is 5.60. The van der Waals surface area contributed by atoms with E-state index in [0.717, 1.165) is 32.2 Å². The minimum atomic E-state index is -0.928. The van der Waals surface area contributed by atoms with Crippen molar-refractivity contribution in [1.29, 1.82) is 0 Å². The third-order valence-corrected chi connectivity index (χ3v) is 3.67. The highest BCUT2D eigenvalue weighted by atomic mass is 16.4. The molecule has 5 nitrogen and oxygen atoms in total. The molecule has 0 aromatic rings. The van der Waals surface area contributed by atoms with Gasteiger partial charge < -0.3 is 14.9 Å². The molecule has 0 aromatic heterocycles. The Kier molecular flexibility index (Phi) is 3.02. The Morgan fingerprint density at radius 2 is 2.06 bits per heavy atom. The van der Waals surface area contributed by atoms with Crippen LogP contribution >= 0.6 is 0 Å². The molecule has 2 aliphatic rings. The summed E-state index contributed by atoms with van der Waals surface area (Å²) in [7, 11) is 0. The second-order valence-corrected chi connectivity index (χ2v) is 5.60. The maximum absolute atomic E-state index is 12.4. The standard InChI is InChI=1S/C12H20N2O3/c1-12(2)6-3-7-14(12)11(17)13(8-10(15)16)9-4-5-9/h9H,3-8H2,1-2H3,(H,15,16). The average molecular weight is 240 g/mol. The Morgan fingerprint density at radius 1 is 1.41 bits per heavy atom. The van der Waals surface area contributed by atoms with Gasteiger partial charge >= 0.3 is 12.0 Å². The van der Waals surface area contributed by atoms with Gasteiger partial charge in [0.25, 0.3) is 0 Å². The number of likely N-dealkylation sites (tertiary alicyclic amines) is 1. The number of hydrogen-bond donors (Lipinski definition) is 1. The highest BCUT2D eigenvalue weighted by Crippen LogP contribution is 2.33. The van der Waals surface area contributed by atoms with E-state index in [1.54, 1.807) is 0 Å². The zero-order valence-corrected chi connectivity index (χ0v) is 10.5. The summed E-state index contributed by atoms with van der Waals surface area (Å²) in [5.41, 5.74) is -0.136. The lowest BCUT2D eigenvalue weighted by molar-refractivity contribution is -0.138. The van der Waals surface area contributed by atoms with Crippen molar-refractivity contribution in [3.63, 3.8) is 0 Å². The van der Waals surface area contributed by atoms with Crippen molar-refractivity contribution < 1.29 is 14.7 Å². The zero-order chi connectivity index (χ0) is 12.6. The molecule has 1 N–H and O–H groups in total. The van der Waals surface area contributed by atoms with Crippen LogP contribution in [0.2, 0.25) is 0 Å². The first kappa shape index (κ1) is 12.2. The van der Waals surface area contributed by atoms with E-state index >= 15 is 0 Å². The van der Waals surface area contributed by atoms with Gasteiger partial charge in [0.1, 0.15) is 6.54 Å². The molecular weight excluding hydrogens is 220 g/mol. The minimum absolute atomic E-state index is 0.0996. The van der Waals surface area contributed by atoms with E-state index in [9.17, 15) is 9.59 Å². The van der Waals surface area contributed by atoms with Gasteiger partial charge in [0, 0.05) is 18.1 Å².